The van der Waals surface area contributed by atoms with Crippen molar-refractivity contribution in [1.82, 2.24) is 14.4 Å². The number of rotatable bonds is 7. The lowest BCUT2D eigenvalue weighted by atomic mass is 9.92. The number of benzene rings is 4. The zero-order valence-electron chi connectivity index (χ0n) is 30.1. The smallest absolute Gasteiger partial charge is 0.264 e. The van der Waals surface area contributed by atoms with Crippen LogP contribution in [0.1, 0.15) is 56.8 Å². The minimum Gasteiger partial charge on any atom is -0.508 e. The maximum absolute atomic E-state index is 15.1. The maximum Gasteiger partial charge on any atom is 0.264 e. The van der Waals surface area contributed by atoms with Crippen LogP contribution in [0.5, 0.6) is 17.2 Å². The van der Waals surface area contributed by atoms with Crippen molar-refractivity contribution in [2.24, 2.45) is 0 Å². The normalized spacial score (nSPS) is 18.3. The highest BCUT2D eigenvalue weighted by molar-refractivity contribution is 6.12. The summed E-state index contributed by atoms with van der Waals surface area (Å²) in [7, 11) is 0. The van der Waals surface area contributed by atoms with Gasteiger partial charge in [0.05, 0.1) is 17.7 Å². The Kier molecular flexibility index (Phi) is 9.77. The van der Waals surface area contributed by atoms with E-state index in [2.05, 4.69) is 10.6 Å². The third-order valence-electron chi connectivity index (χ3n) is 11.2. The van der Waals surface area contributed by atoms with Gasteiger partial charge in [-0.1, -0.05) is 42.5 Å². The number of nitrogens with zero attached hydrogens (tertiary/aromatic N) is 4. The van der Waals surface area contributed by atoms with Gasteiger partial charge in [-0.15, -0.1) is 12.4 Å². The Balaban J connectivity index is 0.00000427. The van der Waals surface area contributed by atoms with E-state index in [9.17, 15) is 18.7 Å². The van der Waals surface area contributed by atoms with Gasteiger partial charge >= 0.3 is 0 Å². The number of anilines is 2. The average molecular weight is 767 g/mol. The van der Waals surface area contributed by atoms with E-state index >= 15 is 4.79 Å². The van der Waals surface area contributed by atoms with Gasteiger partial charge in [-0.3, -0.25) is 19.4 Å². The van der Waals surface area contributed by atoms with Crippen LogP contribution < -0.4 is 14.4 Å². The number of hydrogen-bond acceptors (Lipinski definition) is 6. The van der Waals surface area contributed by atoms with Gasteiger partial charge in [-0.25, -0.2) is 8.78 Å². The molecule has 1 saturated heterocycles. The number of aromatic nitrogens is 1. The number of carbonyl (C=O) groups excluding carboxylic acids is 2. The molecule has 0 aliphatic carbocycles. The number of carbonyl (C=O) groups is 2. The molecule has 0 bridgehead atoms. The van der Waals surface area contributed by atoms with Crippen molar-refractivity contribution in [3.8, 4) is 28.5 Å². The number of ether oxygens (including phenoxy) is 2. The summed E-state index contributed by atoms with van der Waals surface area (Å²) in [5, 5.41) is 10.1. The van der Waals surface area contributed by atoms with Crippen molar-refractivity contribution in [3.63, 3.8) is 0 Å². The van der Waals surface area contributed by atoms with Gasteiger partial charge in [0.1, 0.15) is 5.75 Å². The van der Waals surface area contributed by atoms with Crippen molar-refractivity contribution in [1.29, 1.82) is 0 Å². The van der Waals surface area contributed by atoms with E-state index in [4.69, 9.17) is 9.47 Å². The molecule has 4 aliphatic rings. The second-order valence-electron chi connectivity index (χ2n) is 14.6. The van der Waals surface area contributed by atoms with Gasteiger partial charge in [-0.2, -0.15) is 0 Å². The van der Waals surface area contributed by atoms with Gasteiger partial charge in [0.2, 0.25) is 6.79 Å². The zero-order valence-corrected chi connectivity index (χ0v) is 30.9. The Morgan fingerprint density at radius 1 is 0.836 bits per heavy atom. The Hall–Kier alpha value is -5.39. The van der Waals surface area contributed by atoms with Crippen LogP contribution in [0.25, 0.3) is 11.3 Å². The zero-order chi connectivity index (χ0) is 37.0. The first kappa shape index (κ1) is 36.6. The Bertz CT molecular complexity index is 2250. The number of fused-ring (bicyclic) bond motifs is 3. The van der Waals surface area contributed by atoms with Gasteiger partial charge in [0.25, 0.3) is 17.7 Å². The monoisotopic (exact) mass is 766 g/mol. The number of likely N-dealkylation sites (tertiary alicyclic amines) is 1. The predicted molar refractivity (Wildman–Crippen MR) is 207 cm³/mol. The molecule has 0 saturated carbocycles. The van der Waals surface area contributed by atoms with Crippen LogP contribution >= 0.6 is 12.4 Å². The van der Waals surface area contributed by atoms with Crippen molar-refractivity contribution in [2.75, 3.05) is 31.3 Å². The molecule has 1 aromatic heterocycles. The fraction of sp³-hybridized carbons (Fsp3) is 0.302. The highest BCUT2D eigenvalue weighted by atomic mass is 35.5. The number of phenols is 1. The van der Waals surface area contributed by atoms with Gasteiger partial charge in [0, 0.05) is 67.0 Å². The van der Waals surface area contributed by atoms with E-state index in [1.165, 1.54) is 0 Å². The molecule has 9 nitrogen and oxygen atoms in total. The third kappa shape index (κ3) is 6.91. The Morgan fingerprint density at radius 2 is 1.55 bits per heavy atom. The molecule has 5 aromatic rings. The first-order chi connectivity index (χ1) is 26.2. The minimum absolute atomic E-state index is 0. The number of halogens is 3. The Morgan fingerprint density at radius 3 is 2.29 bits per heavy atom. The molecule has 55 heavy (non-hydrogen) atoms. The molecule has 5 heterocycles. The number of aromatic hydroxyl groups is 1. The maximum atomic E-state index is 15.1. The summed E-state index contributed by atoms with van der Waals surface area (Å²) in [4.78, 5) is 35.2. The lowest BCUT2D eigenvalue weighted by Crippen LogP contribution is -2.50. The minimum atomic E-state index is -2.74. The van der Waals surface area contributed by atoms with E-state index < -0.39 is 5.92 Å². The van der Waals surface area contributed by atoms with Gasteiger partial charge in [-0.05, 0) is 91.4 Å². The van der Waals surface area contributed by atoms with E-state index in [-0.39, 0.29) is 62.3 Å². The van der Waals surface area contributed by atoms with E-state index in [0.29, 0.717) is 72.0 Å². The van der Waals surface area contributed by atoms with Crippen LogP contribution in [-0.2, 0) is 25.9 Å². The fourth-order valence-electron chi connectivity index (χ4n) is 8.50. The summed E-state index contributed by atoms with van der Waals surface area (Å²) in [5.74, 6) is -2.14. The summed E-state index contributed by atoms with van der Waals surface area (Å²) >= 11 is 0. The van der Waals surface area contributed by atoms with Crippen LogP contribution in [0.2, 0.25) is 0 Å². The van der Waals surface area contributed by atoms with E-state index in [1.807, 2.05) is 65.6 Å². The average Bonchev–Trinajstić information content (AvgIpc) is 3.91. The molecule has 1 N–H and O–H groups in total. The largest absolute Gasteiger partial charge is 0.508 e. The van der Waals surface area contributed by atoms with E-state index in [0.717, 1.165) is 35.4 Å². The molecule has 4 aromatic carbocycles. The molecule has 4 aliphatic heterocycles. The first-order valence-electron chi connectivity index (χ1n) is 18.6. The second-order valence-corrected chi connectivity index (χ2v) is 14.6. The number of alkyl halides is 2. The molecule has 284 valence electrons. The highest BCUT2D eigenvalue weighted by Crippen LogP contribution is 2.43. The molecule has 12 heteroatoms. The van der Waals surface area contributed by atoms with E-state index in [1.54, 1.807) is 40.1 Å². The number of phenolic OH excluding ortho intramolecular Hbond substituents is 1. The highest BCUT2D eigenvalue weighted by Gasteiger charge is 2.41. The van der Waals surface area contributed by atoms with Crippen LogP contribution in [0, 0.1) is 0 Å². The molecule has 2 amide bonds. The van der Waals surface area contributed by atoms with Gasteiger partial charge < -0.3 is 24.0 Å². The number of para-hydroxylation sites is 1. The molecule has 1 atom stereocenters. The van der Waals surface area contributed by atoms with Crippen molar-refractivity contribution >= 4 is 35.6 Å². The lowest BCUT2D eigenvalue weighted by molar-refractivity contribution is 0.00901. The summed E-state index contributed by atoms with van der Waals surface area (Å²) in [6.07, 6.45) is 2.85. The summed E-state index contributed by atoms with van der Waals surface area (Å²) in [6, 6.07) is 29.1. The second kappa shape index (κ2) is 14.7. The van der Waals surface area contributed by atoms with Gasteiger partial charge in [0.15, 0.2) is 11.5 Å². The molecular formula is C43H41ClF2N4O5. The van der Waals surface area contributed by atoms with Crippen LogP contribution in [0.3, 0.4) is 0 Å². The standard InChI is InChI=1S/C43H40F2N4O5.ClH/c44-43(45)17-19-46(26-43)25-32-20-28-8-4-5-9-29(28)24-48(32)41(51)35-23-40-39(53-27-54-40)22-34(35)38-21-36(37-12-6-7-18-47(37)38)42(52)49(30-10-2-1-3-11-30)31-13-15-33(50)16-14-31;/h1-5,8-11,13-16,21-23,32,50H,6-7,12,17-20,24-27H2;1H/t32-;/m0./s1. The molecule has 1 fully saturated rings. The topological polar surface area (TPSA) is 87.5 Å². The molecule has 0 spiro atoms. The fourth-order valence-corrected chi connectivity index (χ4v) is 8.50. The third-order valence-corrected chi connectivity index (χ3v) is 11.2. The van der Waals surface area contributed by atoms with Crippen LogP contribution in [-0.4, -0.2) is 69.7 Å². The molecular weight excluding hydrogens is 726 g/mol. The van der Waals surface area contributed by atoms with Crippen molar-refractivity contribution in [3.05, 3.63) is 125 Å². The Labute approximate surface area is 324 Å². The number of amides is 2. The van der Waals surface area contributed by atoms with Crippen molar-refractivity contribution < 1.29 is 33.0 Å². The summed E-state index contributed by atoms with van der Waals surface area (Å²) < 4.78 is 42.5. The predicted octanol–water partition coefficient (Wildman–Crippen LogP) is 8.23. The molecule has 0 radical (unpaired) electrons. The summed E-state index contributed by atoms with van der Waals surface area (Å²) in [5.41, 5.74) is 6.58. The molecule has 9 rings (SSSR count). The number of hydrogen-bond donors (Lipinski definition) is 1. The van der Waals surface area contributed by atoms with Crippen molar-refractivity contribution in [2.45, 2.75) is 57.2 Å². The first-order valence-corrected chi connectivity index (χ1v) is 18.6. The van der Waals surface area contributed by atoms with Crippen LogP contribution in [0.15, 0.2) is 97.1 Å². The SMILES string of the molecule is Cl.O=C(c1cc(-c2cc3c(cc2C(=O)N2Cc4ccccc4C[C@H]2CN2CCC(F)(F)C2)OCO3)n2c1CCCC2)N(c1ccccc1)c1ccc(O)cc1. The lowest BCUT2D eigenvalue weighted by Gasteiger charge is -2.39. The summed E-state index contributed by atoms with van der Waals surface area (Å²) in [6.45, 7) is 1.31. The quantitative estimate of drug-likeness (QED) is 0.180. The van der Waals surface area contributed by atoms with Crippen LogP contribution in [0.4, 0.5) is 20.2 Å². The molecule has 0 unspecified atom stereocenters.